The second-order valence-electron chi connectivity index (χ2n) is 5.01. The van der Waals surface area contributed by atoms with Crippen molar-refractivity contribution in [3.8, 4) is 5.75 Å². The van der Waals surface area contributed by atoms with Gasteiger partial charge in [0.1, 0.15) is 12.0 Å². The number of hydrogen-bond donors (Lipinski definition) is 1. The number of anilines is 1. The minimum atomic E-state index is -0.747. The van der Waals surface area contributed by atoms with Gasteiger partial charge in [-0.3, -0.25) is 19.7 Å². The zero-order valence-electron chi connectivity index (χ0n) is 13.6. The molecule has 0 fully saturated rings. The number of hydrogen-bond acceptors (Lipinski definition) is 7. The Balaban J connectivity index is 1.99. The number of nitrogens with one attached hydrogen (secondary N) is 1. The molecule has 0 saturated heterocycles. The van der Waals surface area contributed by atoms with E-state index in [0.29, 0.717) is 11.8 Å². The van der Waals surface area contributed by atoms with Gasteiger partial charge in [-0.15, -0.1) is 0 Å². The summed E-state index contributed by atoms with van der Waals surface area (Å²) in [5.41, 5.74) is 0.430. The van der Waals surface area contributed by atoms with E-state index in [-0.39, 0.29) is 22.7 Å². The number of esters is 1. The van der Waals surface area contributed by atoms with Crippen molar-refractivity contribution in [1.29, 1.82) is 0 Å². The van der Waals surface area contributed by atoms with Crippen LogP contribution in [0.2, 0.25) is 0 Å². The summed E-state index contributed by atoms with van der Waals surface area (Å²) < 4.78 is 9.90. The van der Waals surface area contributed by atoms with Crippen molar-refractivity contribution in [2.45, 2.75) is 0 Å². The third kappa shape index (κ3) is 4.63. The molecule has 2 aromatic rings. The van der Waals surface area contributed by atoms with Crippen LogP contribution in [0.1, 0.15) is 20.7 Å². The highest BCUT2D eigenvalue weighted by Gasteiger charge is 2.15. The summed E-state index contributed by atoms with van der Waals surface area (Å²) in [4.78, 5) is 44.6. The fourth-order valence-corrected chi connectivity index (χ4v) is 2.01. The first kappa shape index (κ1) is 18.6. The number of nitro benzene ring substituents is 1. The molecule has 2 rings (SSSR count). The number of nitrogens with zero attached hydrogens (tertiary/aromatic N) is 1. The van der Waals surface area contributed by atoms with Crippen LogP contribution in [0.5, 0.6) is 5.75 Å². The monoisotopic (exact) mass is 358 g/mol. The largest absolute Gasteiger partial charge is 0.495 e. The van der Waals surface area contributed by atoms with Gasteiger partial charge in [-0.05, 0) is 18.2 Å². The minimum absolute atomic E-state index is 0.0816. The topological polar surface area (TPSA) is 125 Å². The smallest absolute Gasteiger partial charge is 0.338 e. The second-order valence-corrected chi connectivity index (χ2v) is 5.01. The van der Waals surface area contributed by atoms with Crippen LogP contribution in [0, 0.1) is 10.1 Å². The van der Waals surface area contributed by atoms with Crippen molar-refractivity contribution < 1.29 is 28.8 Å². The van der Waals surface area contributed by atoms with E-state index >= 15 is 0 Å². The van der Waals surface area contributed by atoms with Crippen LogP contribution in [0.4, 0.5) is 11.4 Å². The summed E-state index contributed by atoms with van der Waals surface area (Å²) in [6.45, 7) is -0.597. The number of carbonyl (C=O) groups excluding carboxylic acids is 3. The number of amides is 1. The number of aldehydes is 1. The van der Waals surface area contributed by atoms with Crippen molar-refractivity contribution in [3.05, 3.63) is 63.7 Å². The molecule has 0 atom stereocenters. The predicted octanol–water partition coefficient (Wildman–Crippen LogP) is 2.21. The number of methoxy groups -OCH3 is 1. The molecular formula is C17H14N2O7. The van der Waals surface area contributed by atoms with E-state index < -0.39 is 23.4 Å². The molecule has 1 amide bonds. The van der Waals surface area contributed by atoms with Crippen LogP contribution in [-0.2, 0) is 9.53 Å². The Labute approximate surface area is 147 Å². The summed E-state index contributed by atoms with van der Waals surface area (Å²) in [5.74, 6) is -1.22. The molecule has 0 saturated carbocycles. The van der Waals surface area contributed by atoms with Gasteiger partial charge in [-0.1, -0.05) is 12.1 Å². The zero-order chi connectivity index (χ0) is 19.1. The lowest BCUT2D eigenvalue weighted by molar-refractivity contribution is -0.384. The van der Waals surface area contributed by atoms with Crippen LogP contribution in [-0.4, -0.2) is 36.8 Å². The predicted molar refractivity (Wildman–Crippen MR) is 90.4 cm³/mol. The molecule has 0 aromatic heterocycles. The fraction of sp³-hybridized carbons (Fsp3) is 0.118. The molecule has 2 aromatic carbocycles. The highest BCUT2D eigenvalue weighted by atomic mass is 16.6. The molecule has 0 aliphatic rings. The van der Waals surface area contributed by atoms with E-state index in [1.54, 1.807) is 0 Å². The summed E-state index contributed by atoms with van der Waals surface area (Å²) in [5, 5.41) is 13.2. The highest BCUT2D eigenvalue weighted by Crippen LogP contribution is 2.28. The molecule has 134 valence electrons. The number of rotatable bonds is 7. The SMILES string of the molecule is COc1ccc([N+](=O)[O-])cc1NC(=O)COC(=O)c1ccc(C=O)cc1. The van der Waals surface area contributed by atoms with E-state index in [1.165, 1.54) is 43.5 Å². The first-order valence-corrected chi connectivity index (χ1v) is 7.29. The van der Waals surface area contributed by atoms with Crippen molar-refractivity contribution in [3.63, 3.8) is 0 Å². The summed E-state index contributed by atoms with van der Waals surface area (Å²) in [7, 11) is 1.35. The Morgan fingerprint density at radius 2 is 1.88 bits per heavy atom. The van der Waals surface area contributed by atoms with Gasteiger partial charge in [-0.25, -0.2) is 4.79 Å². The Hall–Kier alpha value is -3.75. The van der Waals surface area contributed by atoms with Gasteiger partial charge in [0.15, 0.2) is 6.61 Å². The number of nitro groups is 1. The number of carbonyl (C=O) groups is 3. The van der Waals surface area contributed by atoms with E-state index in [0.717, 1.165) is 6.07 Å². The first-order chi connectivity index (χ1) is 12.4. The molecular weight excluding hydrogens is 344 g/mol. The fourth-order valence-electron chi connectivity index (χ4n) is 2.01. The second kappa shape index (κ2) is 8.38. The number of ether oxygens (including phenoxy) is 2. The third-order valence-electron chi connectivity index (χ3n) is 3.28. The summed E-state index contributed by atoms with van der Waals surface area (Å²) in [6, 6.07) is 9.39. The van der Waals surface area contributed by atoms with Gasteiger partial charge in [-0.2, -0.15) is 0 Å². The molecule has 0 unspecified atom stereocenters. The van der Waals surface area contributed by atoms with E-state index in [4.69, 9.17) is 9.47 Å². The van der Waals surface area contributed by atoms with Gasteiger partial charge in [0.2, 0.25) is 0 Å². The standard InChI is InChI=1S/C17H14N2O7/c1-25-15-7-6-13(19(23)24)8-14(15)18-16(21)10-26-17(22)12-4-2-11(9-20)3-5-12/h2-9H,10H2,1H3,(H,18,21). The van der Waals surface area contributed by atoms with E-state index in [2.05, 4.69) is 5.32 Å². The zero-order valence-corrected chi connectivity index (χ0v) is 13.6. The molecule has 0 radical (unpaired) electrons. The molecule has 9 heteroatoms. The van der Waals surface area contributed by atoms with E-state index in [9.17, 15) is 24.5 Å². The molecule has 9 nitrogen and oxygen atoms in total. The third-order valence-corrected chi connectivity index (χ3v) is 3.28. The molecule has 0 heterocycles. The molecule has 0 aliphatic carbocycles. The van der Waals surface area contributed by atoms with Crippen molar-refractivity contribution in [2.75, 3.05) is 19.0 Å². The number of benzene rings is 2. The molecule has 0 spiro atoms. The average molecular weight is 358 g/mol. The number of non-ortho nitro benzene ring substituents is 1. The quantitative estimate of drug-likeness (QED) is 0.348. The lowest BCUT2D eigenvalue weighted by Gasteiger charge is -2.10. The van der Waals surface area contributed by atoms with Crippen LogP contribution in [0.15, 0.2) is 42.5 Å². The molecule has 0 aliphatic heterocycles. The maximum atomic E-state index is 11.9. The summed E-state index contributed by atoms with van der Waals surface area (Å²) >= 11 is 0. The molecule has 1 N–H and O–H groups in total. The lowest BCUT2D eigenvalue weighted by Crippen LogP contribution is -2.21. The van der Waals surface area contributed by atoms with Gasteiger partial charge in [0.05, 0.1) is 23.3 Å². The lowest BCUT2D eigenvalue weighted by atomic mass is 10.1. The Kier molecular flexibility index (Phi) is 5.99. The molecule has 26 heavy (non-hydrogen) atoms. The first-order valence-electron chi connectivity index (χ1n) is 7.29. The normalized spacial score (nSPS) is 9.88. The van der Waals surface area contributed by atoms with Crippen molar-refractivity contribution in [1.82, 2.24) is 0 Å². The van der Waals surface area contributed by atoms with Crippen LogP contribution >= 0.6 is 0 Å². The highest BCUT2D eigenvalue weighted by molar-refractivity contribution is 5.96. The maximum absolute atomic E-state index is 11.9. The van der Waals surface area contributed by atoms with Crippen molar-refractivity contribution >= 4 is 29.5 Å². The maximum Gasteiger partial charge on any atom is 0.338 e. The molecule has 0 bridgehead atoms. The minimum Gasteiger partial charge on any atom is -0.495 e. The van der Waals surface area contributed by atoms with Gasteiger partial charge < -0.3 is 14.8 Å². The van der Waals surface area contributed by atoms with Crippen molar-refractivity contribution in [2.24, 2.45) is 0 Å². The Bertz CT molecular complexity index is 847. The van der Waals surface area contributed by atoms with E-state index in [1.807, 2.05) is 0 Å². The average Bonchev–Trinajstić information content (AvgIpc) is 2.66. The van der Waals surface area contributed by atoms with Gasteiger partial charge in [0, 0.05) is 17.7 Å². The van der Waals surface area contributed by atoms with Gasteiger partial charge >= 0.3 is 5.97 Å². The Morgan fingerprint density at radius 1 is 1.19 bits per heavy atom. The van der Waals surface area contributed by atoms with Crippen LogP contribution < -0.4 is 10.1 Å². The summed E-state index contributed by atoms with van der Waals surface area (Å²) in [6.07, 6.45) is 0.634. The van der Waals surface area contributed by atoms with Gasteiger partial charge in [0.25, 0.3) is 11.6 Å². The van der Waals surface area contributed by atoms with Crippen LogP contribution in [0.25, 0.3) is 0 Å². The Morgan fingerprint density at radius 3 is 2.46 bits per heavy atom. The van der Waals surface area contributed by atoms with Crippen LogP contribution in [0.3, 0.4) is 0 Å².